The van der Waals surface area contributed by atoms with Crippen molar-refractivity contribution in [2.75, 3.05) is 33.5 Å². The Morgan fingerprint density at radius 2 is 1.74 bits per heavy atom. The van der Waals surface area contributed by atoms with Gasteiger partial charge in [-0.3, -0.25) is 0 Å². The molecule has 1 aromatic carbocycles. The molecule has 0 N–H and O–H groups in total. The van der Waals surface area contributed by atoms with Crippen molar-refractivity contribution in [3.05, 3.63) is 36.4 Å². The van der Waals surface area contributed by atoms with Gasteiger partial charge in [-0.05, 0) is 33.5 Å². The fraction of sp³-hybridized carbons (Fsp3) is 0.467. The predicted octanol–water partition coefficient (Wildman–Crippen LogP) is 2.15. The molecule has 0 bridgehead atoms. The van der Waals surface area contributed by atoms with Gasteiger partial charge in [-0.25, -0.2) is 0 Å². The lowest BCUT2D eigenvalue weighted by Gasteiger charge is -2.33. The first-order valence-electron chi connectivity index (χ1n) is 6.74. The highest BCUT2D eigenvalue weighted by Crippen LogP contribution is 2.14. The molecule has 1 rings (SSSR count). The fourth-order valence-corrected chi connectivity index (χ4v) is 5.77. The second-order valence-electron chi connectivity index (χ2n) is 4.65. The van der Waals surface area contributed by atoms with Crippen molar-refractivity contribution in [2.45, 2.75) is 13.8 Å². The minimum atomic E-state index is -2.45. The molecule has 0 atom stereocenters. The van der Waals surface area contributed by atoms with E-state index in [1.165, 1.54) is 5.19 Å². The third-order valence-electron chi connectivity index (χ3n) is 2.87. The summed E-state index contributed by atoms with van der Waals surface area (Å²) in [6, 6.07) is 8.24. The molecule has 0 aliphatic carbocycles. The predicted molar refractivity (Wildman–Crippen MR) is 83.7 cm³/mol. The van der Waals surface area contributed by atoms with E-state index >= 15 is 0 Å². The standard InChI is InChI=1S/C15H25NO2Si/c1-6-14-11-9-10-12-15(14)19(17-7-2,18-8-3)13-16(4)5/h6,9-12H,1,7-8,13H2,2-5H3. The van der Waals surface area contributed by atoms with Crippen LogP contribution in [0.1, 0.15) is 19.4 Å². The Morgan fingerprint density at radius 1 is 1.16 bits per heavy atom. The van der Waals surface area contributed by atoms with Gasteiger partial charge in [0.25, 0.3) is 0 Å². The molecular formula is C15H25NO2Si. The molecule has 0 aromatic heterocycles. The van der Waals surface area contributed by atoms with E-state index in [4.69, 9.17) is 8.85 Å². The van der Waals surface area contributed by atoms with Crippen molar-refractivity contribution >= 4 is 19.8 Å². The van der Waals surface area contributed by atoms with Crippen LogP contribution >= 0.6 is 0 Å². The molecule has 0 aliphatic heterocycles. The number of benzene rings is 1. The Bertz CT molecular complexity index is 401. The first-order valence-corrected chi connectivity index (χ1v) is 8.76. The van der Waals surface area contributed by atoms with Crippen LogP contribution in [0.25, 0.3) is 6.08 Å². The molecule has 0 heterocycles. The molecule has 0 aliphatic rings. The van der Waals surface area contributed by atoms with E-state index in [1.807, 2.05) is 32.1 Å². The van der Waals surface area contributed by atoms with Gasteiger partial charge in [0.1, 0.15) is 0 Å². The Balaban J connectivity index is 3.29. The number of hydrogen-bond donors (Lipinski definition) is 0. The normalized spacial score (nSPS) is 11.8. The third kappa shape index (κ3) is 4.01. The lowest BCUT2D eigenvalue weighted by Crippen LogP contribution is -2.61. The van der Waals surface area contributed by atoms with Crippen LogP contribution in [0.3, 0.4) is 0 Å². The van der Waals surface area contributed by atoms with Crippen molar-refractivity contribution in [3.8, 4) is 0 Å². The van der Waals surface area contributed by atoms with Gasteiger partial charge in [-0.1, -0.05) is 36.9 Å². The van der Waals surface area contributed by atoms with Crippen LogP contribution in [0.15, 0.2) is 30.8 Å². The zero-order valence-electron chi connectivity index (χ0n) is 12.5. The van der Waals surface area contributed by atoms with Crippen LogP contribution in [0, 0.1) is 0 Å². The molecule has 3 nitrogen and oxygen atoms in total. The zero-order chi connectivity index (χ0) is 14.3. The highest BCUT2D eigenvalue weighted by atomic mass is 28.4. The molecule has 0 saturated heterocycles. The number of hydrogen-bond acceptors (Lipinski definition) is 3. The summed E-state index contributed by atoms with van der Waals surface area (Å²) in [6.07, 6.45) is 2.68. The maximum Gasteiger partial charge on any atom is 0.387 e. The van der Waals surface area contributed by atoms with Crippen molar-refractivity contribution in [1.29, 1.82) is 0 Å². The van der Waals surface area contributed by atoms with Gasteiger partial charge in [-0.2, -0.15) is 0 Å². The van der Waals surface area contributed by atoms with Crippen molar-refractivity contribution in [3.63, 3.8) is 0 Å². The van der Waals surface area contributed by atoms with Gasteiger partial charge in [0.05, 0.1) is 0 Å². The van der Waals surface area contributed by atoms with Crippen molar-refractivity contribution in [2.24, 2.45) is 0 Å². The van der Waals surface area contributed by atoms with Crippen LogP contribution < -0.4 is 5.19 Å². The first kappa shape index (κ1) is 16.1. The van der Waals surface area contributed by atoms with Crippen LogP contribution in [-0.2, 0) is 8.85 Å². The van der Waals surface area contributed by atoms with Crippen molar-refractivity contribution < 1.29 is 8.85 Å². The van der Waals surface area contributed by atoms with Crippen molar-refractivity contribution in [1.82, 2.24) is 4.90 Å². The number of rotatable bonds is 8. The van der Waals surface area contributed by atoms with E-state index in [0.717, 1.165) is 11.7 Å². The smallest absolute Gasteiger partial charge is 0.387 e. The lowest BCUT2D eigenvalue weighted by atomic mass is 10.2. The minimum absolute atomic E-state index is 0.658. The quantitative estimate of drug-likeness (QED) is 0.681. The molecule has 0 amide bonds. The summed E-state index contributed by atoms with van der Waals surface area (Å²) >= 11 is 0. The van der Waals surface area contributed by atoms with Gasteiger partial charge < -0.3 is 13.8 Å². The zero-order valence-corrected chi connectivity index (χ0v) is 13.5. The van der Waals surface area contributed by atoms with E-state index < -0.39 is 8.56 Å². The molecule has 0 saturated carbocycles. The van der Waals surface area contributed by atoms with Crippen LogP contribution in [0.4, 0.5) is 0 Å². The minimum Gasteiger partial charge on any atom is -0.391 e. The van der Waals surface area contributed by atoms with E-state index in [0.29, 0.717) is 13.2 Å². The molecule has 0 unspecified atom stereocenters. The van der Waals surface area contributed by atoms with Crippen LogP contribution in [0.5, 0.6) is 0 Å². The van der Waals surface area contributed by atoms with Gasteiger partial charge >= 0.3 is 8.56 Å². The highest BCUT2D eigenvalue weighted by molar-refractivity contribution is 6.81. The maximum atomic E-state index is 6.14. The van der Waals surface area contributed by atoms with E-state index in [2.05, 4.69) is 37.7 Å². The van der Waals surface area contributed by atoms with Gasteiger partial charge in [0.15, 0.2) is 0 Å². The maximum absolute atomic E-state index is 6.14. The van der Waals surface area contributed by atoms with E-state index in [1.54, 1.807) is 0 Å². The first-order chi connectivity index (χ1) is 9.09. The Kier molecular flexibility index (Phi) is 6.44. The van der Waals surface area contributed by atoms with Gasteiger partial charge in [-0.15, -0.1) is 0 Å². The second kappa shape index (κ2) is 7.60. The summed E-state index contributed by atoms with van der Waals surface area (Å²) in [7, 11) is 1.66. The fourth-order valence-electron chi connectivity index (χ4n) is 2.28. The molecule has 0 fully saturated rings. The Labute approximate surface area is 118 Å². The molecule has 1 aromatic rings. The molecule has 0 spiro atoms. The summed E-state index contributed by atoms with van der Waals surface area (Å²) in [5.41, 5.74) is 1.11. The Hall–Kier alpha value is -0.943. The topological polar surface area (TPSA) is 21.7 Å². The molecule has 19 heavy (non-hydrogen) atoms. The largest absolute Gasteiger partial charge is 0.391 e. The summed E-state index contributed by atoms with van der Waals surface area (Å²) in [5, 5.41) is 1.17. The average molecular weight is 279 g/mol. The summed E-state index contributed by atoms with van der Waals surface area (Å²) < 4.78 is 12.3. The average Bonchev–Trinajstić information content (AvgIpc) is 2.38. The Morgan fingerprint density at radius 3 is 2.21 bits per heavy atom. The van der Waals surface area contributed by atoms with Crippen LogP contribution in [0.2, 0.25) is 0 Å². The summed E-state index contributed by atoms with van der Waals surface area (Å²) in [6.45, 7) is 9.26. The molecule has 4 heteroatoms. The number of nitrogens with zero attached hydrogens (tertiary/aromatic N) is 1. The van der Waals surface area contributed by atoms with Gasteiger partial charge in [0, 0.05) is 24.6 Å². The third-order valence-corrected chi connectivity index (χ3v) is 6.71. The van der Waals surface area contributed by atoms with Gasteiger partial charge in [0.2, 0.25) is 0 Å². The molecular weight excluding hydrogens is 254 g/mol. The highest BCUT2D eigenvalue weighted by Gasteiger charge is 2.41. The monoisotopic (exact) mass is 279 g/mol. The summed E-state index contributed by atoms with van der Waals surface area (Å²) in [4.78, 5) is 2.14. The van der Waals surface area contributed by atoms with E-state index in [9.17, 15) is 0 Å². The lowest BCUT2D eigenvalue weighted by molar-refractivity contribution is 0.183. The SMILES string of the molecule is C=Cc1ccccc1[Si](CN(C)C)(OCC)OCC. The summed E-state index contributed by atoms with van der Waals surface area (Å²) in [5.74, 6) is 0. The molecule has 106 valence electrons. The molecule has 0 radical (unpaired) electrons. The van der Waals surface area contributed by atoms with E-state index in [-0.39, 0.29) is 0 Å². The van der Waals surface area contributed by atoms with Crippen LogP contribution in [-0.4, -0.2) is 46.9 Å². The second-order valence-corrected chi connectivity index (χ2v) is 7.59.